The molecule has 5 nitrogen and oxygen atoms in total. The van der Waals surface area contributed by atoms with E-state index in [9.17, 15) is 14.0 Å². The molecular formula is C21H21FN2O3. The van der Waals surface area contributed by atoms with Gasteiger partial charge in [0.15, 0.2) is 0 Å². The minimum absolute atomic E-state index is 0.0438. The first kappa shape index (κ1) is 17.5. The topological polar surface area (TPSA) is 69.6 Å². The second-order valence-corrected chi connectivity index (χ2v) is 7.25. The smallest absolute Gasteiger partial charge is 0.404 e. The largest absolute Gasteiger partial charge is 0.465 e. The lowest BCUT2D eigenvalue weighted by Crippen LogP contribution is -2.52. The first-order chi connectivity index (χ1) is 13.0. The van der Waals surface area contributed by atoms with Gasteiger partial charge in [0.1, 0.15) is 5.82 Å². The van der Waals surface area contributed by atoms with Crippen molar-refractivity contribution in [1.82, 2.24) is 10.2 Å². The lowest BCUT2D eigenvalue weighted by Gasteiger charge is -2.43. The highest BCUT2D eigenvalue weighted by molar-refractivity contribution is 5.81. The molecule has 0 saturated heterocycles. The number of benzene rings is 2. The number of fused-ring (bicyclic) bond motifs is 1. The van der Waals surface area contributed by atoms with E-state index in [0.29, 0.717) is 19.4 Å². The van der Waals surface area contributed by atoms with E-state index in [2.05, 4.69) is 11.4 Å². The number of hydrogen-bond acceptors (Lipinski definition) is 2. The summed E-state index contributed by atoms with van der Waals surface area (Å²) in [6, 6.07) is 14.0. The molecule has 1 saturated carbocycles. The highest BCUT2D eigenvalue weighted by Gasteiger charge is 2.41. The van der Waals surface area contributed by atoms with Crippen LogP contribution in [0.15, 0.2) is 48.5 Å². The molecule has 2 N–H and O–H groups in total. The van der Waals surface area contributed by atoms with Crippen molar-refractivity contribution in [2.45, 2.75) is 31.3 Å². The van der Waals surface area contributed by atoms with Crippen LogP contribution in [0.3, 0.4) is 0 Å². The van der Waals surface area contributed by atoms with Crippen molar-refractivity contribution in [1.29, 1.82) is 0 Å². The van der Waals surface area contributed by atoms with Gasteiger partial charge in [0, 0.05) is 18.5 Å². The van der Waals surface area contributed by atoms with Gasteiger partial charge in [0.25, 0.3) is 0 Å². The molecular weight excluding hydrogens is 347 g/mol. The van der Waals surface area contributed by atoms with E-state index in [4.69, 9.17) is 5.11 Å². The summed E-state index contributed by atoms with van der Waals surface area (Å²) in [4.78, 5) is 25.8. The van der Waals surface area contributed by atoms with Crippen molar-refractivity contribution in [3.8, 4) is 0 Å². The summed E-state index contributed by atoms with van der Waals surface area (Å²) in [5.41, 5.74) is 3.16. The minimum atomic E-state index is -1.05. The molecule has 0 spiro atoms. The minimum Gasteiger partial charge on any atom is -0.465 e. The summed E-state index contributed by atoms with van der Waals surface area (Å²) >= 11 is 0. The Labute approximate surface area is 156 Å². The highest BCUT2D eigenvalue weighted by Crippen LogP contribution is 2.39. The molecule has 1 atom stereocenters. The molecule has 1 heterocycles. The van der Waals surface area contributed by atoms with E-state index in [0.717, 1.165) is 17.5 Å². The molecule has 140 valence electrons. The van der Waals surface area contributed by atoms with Crippen LogP contribution in [0.5, 0.6) is 0 Å². The predicted octanol–water partition coefficient (Wildman–Crippen LogP) is 3.35. The van der Waals surface area contributed by atoms with Gasteiger partial charge in [0.05, 0.1) is 6.04 Å². The van der Waals surface area contributed by atoms with Crippen LogP contribution in [0, 0.1) is 11.7 Å². The molecule has 0 unspecified atom stereocenters. The van der Waals surface area contributed by atoms with Gasteiger partial charge in [-0.25, -0.2) is 9.18 Å². The number of carbonyl (C=O) groups excluding carboxylic acids is 1. The highest BCUT2D eigenvalue weighted by atomic mass is 19.1. The van der Waals surface area contributed by atoms with E-state index in [-0.39, 0.29) is 29.7 Å². The Morgan fingerprint density at radius 3 is 2.48 bits per heavy atom. The Bertz CT molecular complexity index is 862. The Kier molecular flexibility index (Phi) is 4.56. The quantitative estimate of drug-likeness (QED) is 0.873. The third-order valence-electron chi connectivity index (χ3n) is 5.57. The van der Waals surface area contributed by atoms with E-state index in [1.54, 1.807) is 12.1 Å². The molecule has 2 aromatic carbocycles. The van der Waals surface area contributed by atoms with Crippen LogP contribution in [-0.2, 0) is 11.2 Å². The number of rotatable bonds is 3. The average molecular weight is 368 g/mol. The lowest BCUT2D eigenvalue weighted by molar-refractivity contribution is -0.141. The molecule has 2 aliphatic rings. The summed E-state index contributed by atoms with van der Waals surface area (Å²) in [6.45, 7) is 0.603. The maximum Gasteiger partial charge on any atom is 0.404 e. The van der Waals surface area contributed by atoms with Crippen molar-refractivity contribution >= 4 is 12.0 Å². The molecule has 4 rings (SSSR count). The van der Waals surface area contributed by atoms with Crippen LogP contribution in [-0.4, -0.2) is 34.6 Å². The van der Waals surface area contributed by atoms with E-state index >= 15 is 0 Å². The first-order valence-corrected chi connectivity index (χ1v) is 9.16. The number of nitrogens with one attached hydrogen (secondary N) is 1. The Morgan fingerprint density at radius 1 is 1.07 bits per heavy atom. The van der Waals surface area contributed by atoms with E-state index in [1.807, 2.05) is 23.1 Å². The molecule has 0 bridgehead atoms. The van der Waals surface area contributed by atoms with Crippen molar-refractivity contribution in [2.24, 2.45) is 5.92 Å². The second-order valence-electron chi connectivity index (χ2n) is 7.25. The van der Waals surface area contributed by atoms with Crippen molar-refractivity contribution in [2.75, 3.05) is 6.54 Å². The van der Waals surface area contributed by atoms with Crippen LogP contribution in [0.2, 0.25) is 0 Å². The van der Waals surface area contributed by atoms with Gasteiger partial charge in [-0.3, -0.25) is 4.79 Å². The van der Waals surface area contributed by atoms with E-state index < -0.39 is 6.09 Å². The van der Waals surface area contributed by atoms with Gasteiger partial charge in [-0.15, -0.1) is 0 Å². The summed E-state index contributed by atoms with van der Waals surface area (Å²) in [6.07, 6.45) is 0.782. The average Bonchev–Trinajstić information content (AvgIpc) is 2.63. The van der Waals surface area contributed by atoms with Crippen LogP contribution in [0.1, 0.15) is 35.6 Å². The maximum absolute atomic E-state index is 13.4. The lowest BCUT2D eigenvalue weighted by atomic mass is 9.78. The fraction of sp³-hybridized carbons (Fsp3) is 0.333. The third-order valence-corrected chi connectivity index (χ3v) is 5.57. The van der Waals surface area contributed by atoms with Crippen LogP contribution in [0.25, 0.3) is 0 Å². The Morgan fingerprint density at radius 2 is 1.78 bits per heavy atom. The van der Waals surface area contributed by atoms with Gasteiger partial charge >= 0.3 is 6.09 Å². The first-order valence-electron chi connectivity index (χ1n) is 9.16. The second kappa shape index (κ2) is 7.02. The fourth-order valence-corrected chi connectivity index (χ4v) is 4.15. The fourth-order valence-electron chi connectivity index (χ4n) is 4.15. The molecule has 27 heavy (non-hydrogen) atoms. The summed E-state index contributed by atoms with van der Waals surface area (Å²) in [5, 5.41) is 11.2. The molecule has 2 aromatic rings. The zero-order valence-electron chi connectivity index (χ0n) is 14.8. The van der Waals surface area contributed by atoms with Gasteiger partial charge in [-0.2, -0.15) is 0 Å². The van der Waals surface area contributed by atoms with Crippen LogP contribution >= 0.6 is 0 Å². The van der Waals surface area contributed by atoms with Crippen molar-refractivity contribution in [3.05, 3.63) is 71.0 Å². The van der Waals surface area contributed by atoms with Crippen LogP contribution in [0.4, 0.5) is 9.18 Å². The van der Waals surface area contributed by atoms with Gasteiger partial charge in [-0.05, 0) is 48.1 Å². The summed E-state index contributed by atoms with van der Waals surface area (Å²) in [5.74, 6) is -0.431. The normalized spacial score (nSPS) is 23.9. The van der Waals surface area contributed by atoms with Crippen molar-refractivity contribution in [3.63, 3.8) is 0 Å². The summed E-state index contributed by atoms with van der Waals surface area (Å²) in [7, 11) is 0. The molecule has 0 radical (unpaired) electrons. The summed E-state index contributed by atoms with van der Waals surface area (Å²) < 4.78 is 13.4. The third kappa shape index (κ3) is 3.39. The number of amides is 2. The molecule has 6 heteroatoms. The number of carboxylic acid groups (broad SMARTS) is 1. The molecule has 2 amide bonds. The molecule has 1 fully saturated rings. The van der Waals surface area contributed by atoms with Crippen molar-refractivity contribution < 1.29 is 19.1 Å². The molecule has 0 aromatic heterocycles. The number of nitrogens with zero attached hydrogens (tertiary/aromatic N) is 1. The predicted molar refractivity (Wildman–Crippen MR) is 97.8 cm³/mol. The SMILES string of the molecule is O=C(O)N[C@H]1C[C@@H](C(=O)N2CCc3ccccc3[C@@H]2c2ccc(F)cc2)C1. The van der Waals surface area contributed by atoms with Gasteiger partial charge in [0.2, 0.25) is 5.91 Å². The van der Waals surface area contributed by atoms with E-state index in [1.165, 1.54) is 17.7 Å². The number of carbonyl (C=O) groups is 2. The number of hydrogen-bond donors (Lipinski definition) is 2. The maximum atomic E-state index is 13.4. The van der Waals surface area contributed by atoms with Crippen LogP contribution < -0.4 is 5.32 Å². The number of halogens is 1. The zero-order chi connectivity index (χ0) is 19.0. The zero-order valence-corrected chi connectivity index (χ0v) is 14.8. The Hall–Kier alpha value is -2.89. The monoisotopic (exact) mass is 368 g/mol. The Balaban J connectivity index is 1.60. The molecule has 1 aliphatic carbocycles. The van der Waals surface area contributed by atoms with Gasteiger partial charge in [-0.1, -0.05) is 36.4 Å². The standard InChI is InChI=1S/C21H21FN2O3/c22-16-7-5-14(6-8-16)19-18-4-2-1-3-13(18)9-10-24(19)20(25)15-11-17(12-15)23-21(26)27/h1-8,15,17,19,23H,9-12H2,(H,26,27)/t15-,17+,19-/m0/s1. The molecule has 1 aliphatic heterocycles. The van der Waals surface area contributed by atoms with Gasteiger partial charge < -0.3 is 15.3 Å².